The van der Waals surface area contributed by atoms with E-state index in [1.54, 1.807) is 6.08 Å². The van der Waals surface area contributed by atoms with Crippen molar-refractivity contribution in [1.82, 2.24) is 9.97 Å². The molecule has 0 fully saturated rings. The maximum atomic E-state index is 12.0. The predicted molar refractivity (Wildman–Crippen MR) is 82.5 cm³/mol. The number of H-pyrrole nitrogens is 1. The first-order chi connectivity index (χ1) is 9.72. The highest BCUT2D eigenvalue weighted by Crippen LogP contribution is 2.09. The molecule has 98 valence electrons. The molecule has 0 radical (unpaired) electrons. The topological polar surface area (TPSA) is 45.8 Å². The van der Waals surface area contributed by atoms with Gasteiger partial charge in [0, 0.05) is 0 Å². The Bertz CT molecular complexity index is 847. The van der Waals surface area contributed by atoms with Crippen molar-refractivity contribution in [2.24, 2.45) is 0 Å². The van der Waals surface area contributed by atoms with Crippen molar-refractivity contribution in [2.75, 3.05) is 0 Å². The van der Waals surface area contributed by atoms with E-state index in [0.29, 0.717) is 5.69 Å². The average Bonchev–Trinajstić information content (AvgIpc) is 2.45. The summed E-state index contributed by atoms with van der Waals surface area (Å²) < 4.78 is 0. The standard InChI is InChI=1S/C17H14N2O/c1-12-5-4-6-13(11-12)9-10-16-17(20)19-15-8-3-2-7-14(15)18-16/h2-11H,1H3,(H,19,20). The number of nitrogens with zero attached hydrogens (tertiary/aromatic N) is 1. The molecule has 3 rings (SSSR count). The normalized spacial score (nSPS) is 11.2. The molecule has 0 aliphatic rings. The van der Waals surface area contributed by atoms with Crippen LogP contribution < -0.4 is 5.56 Å². The highest BCUT2D eigenvalue weighted by atomic mass is 16.1. The van der Waals surface area contributed by atoms with Crippen LogP contribution >= 0.6 is 0 Å². The molecule has 0 aliphatic heterocycles. The predicted octanol–water partition coefficient (Wildman–Crippen LogP) is 3.40. The third-order valence-corrected chi connectivity index (χ3v) is 3.10. The minimum Gasteiger partial charge on any atom is -0.319 e. The molecule has 1 N–H and O–H groups in total. The van der Waals surface area contributed by atoms with Crippen LogP contribution in [0.5, 0.6) is 0 Å². The van der Waals surface area contributed by atoms with Gasteiger partial charge in [0.05, 0.1) is 11.0 Å². The summed E-state index contributed by atoms with van der Waals surface area (Å²) in [6.07, 6.45) is 3.65. The number of aryl methyl sites for hydroxylation is 1. The van der Waals surface area contributed by atoms with E-state index in [0.717, 1.165) is 16.6 Å². The number of rotatable bonds is 2. The molecule has 3 nitrogen and oxygen atoms in total. The first-order valence-corrected chi connectivity index (χ1v) is 6.46. The van der Waals surface area contributed by atoms with E-state index >= 15 is 0 Å². The van der Waals surface area contributed by atoms with Crippen molar-refractivity contribution in [3.05, 3.63) is 75.7 Å². The van der Waals surface area contributed by atoms with Gasteiger partial charge in [-0.05, 0) is 30.7 Å². The van der Waals surface area contributed by atoms with Gasteiger partial charge in [0.15, 0.2) is 0 Å². The third kappa shape index (κ3) is 2.52. The molecule has 0 saturated carbocycles. The molecule has 0 bridgehead atoms. The van der Waals surface area contributed by atoms with Crippen LogP contribution in [0, 0.1) is 6.92 Å². The molecule has 0 saturated heterocycles. The Morgan fingerprint density at radius 3 is 2.75 bits per heavy atom. The van der Waals surface area contributed by atoms with Gasteiger partial charge < -0.3 is 4.98 Å². The van der Waals surface area contributed by atoms with Crippen LogP contribution in [0.15, 0.2) is 53.3 Å². The molecule has 0 amide bonds. The molecule has 3 heteroatoms. The lowest BCUT2D eigenvalue weighted by atomic mass is 10.1. The summed E-state index contributed by atoms with van der Waals surface area (Å²) in [7, 11) is 0. The monoisotopic (exact) mass is 262 g/mol. The Balaban J connectivity index is 2.02. The zero-order valence-electron chi connectivity index (χ0n) is 11.1. The Labute approximate surface area is 116 Å². The molecule has 0 aliphatic carbocycles. The highest BCUT2D eigenvalue weighted by Gasteiger charge is 2.00. The van der Waals surface area contributed by atoms with Crippen LogP contribution in [-0.4, -0.2) is 9.97 Å². The van der Waals surface area contributed by atoms with Gasteiger partial charge in [-0.25, -0.2) is 4.98 Å². The minimum atomic E-state index is -0.174. The summed E-state index contributed by atoms with van der Waals surface area (Å²) in [5.74, 6) is 0. The van der Waals surface area contributed by atoms with Crippen LogP contribution in [0.1, 0.15) is 16.8 Å². The Hall–Kier alpha value is -2.68. The summed E-state index contributed by atoms with van der Waals surface area (Å²) in [6.45, 7) is 2.04. The zero-order valence-corrected chi connectivity index (χ0v) is 11.1. The second-order valence-corrected chi connectivity index (χ2v) is 4.72. The number of aromatic amines is 1. The molecule has 1 aromatic heterocycles. The molecule has 0 atom stereocenters. The fourth-order valence-corrected chi connectivity index (χ4v) is 2.11. The summed E-state index contributed by atoms with van der Waals surface area (Å²) in [6, 6.07) is 15.6. The Kier molecular flexibility index (Phi) is 3.17. The number of para-hydroxylation sites is 2. The van der Waals surface area contributed by atoms with Crippen molar-refractivity contribution in [2.45, 2.75) is 6.92 Å². The fraction of sp³-hybridized carbons (Fsp3) is 0.0588. The van der Waals surface area contributed by atoms with E-state index in [1.807, 2.05) is 55.5 Å². The number of hydrogen-bond donors (Lipinski definition) is 1. The molecule has 20 heavy (non-hydrogen) atoms. The molecule has 2 aromatic carbocycles. The number of aromatic nitrogens is 2. The summed E-state index contributed by atoms with van der Waals surface area (Å²) >= 11 is 0. The number of fused-ring (bicyclic) bond motifs is 1. The van der Waals surface area contributed by atoms with Crippen LogP contribution in [0.3, 0.4) is 0 Å². The van der Waals surface area contributed by atoms with Gasteiger partial charge in [0.2, 0.25) is 0 Å². The Morgan fingerprint density at radius 2 is 1.90 bits per heavy atom. The van der Waals surface area contributed by atoms with Gasteiger partial charge >= 0.3 is 0 Å². The Morgan fingerprint density at radius 1 is 1.05 bits per heavy atom. The summed E-state index contributed by atoms with van der Waals surface area (Å²) in [5.41, 5.74) is 4.03. The smallest absolute Gasteiger partial charge is 0.274 e. The highest BCUT2D eigenvalue weighted by molar-refractivity contribution is 5.76. The van der Waals surface area contributed by atoms with Gasteiger partial charge in [-0.15, -0.1) is 0 Å². The quantitative estimate of drug-likeness (QED) is 0.769. The van der Waals surface area contributed by atoms with Crippen molar-refractivity contribution in [3.8, 4) is 0 Å². The van der Waals surface area contributed by atoms with Crippen molar-refractivity contribution in [1.29, 1.82) is 0 Å². The summed E-state index contributed by atoms with van der Waals surface area (Å²) in [4.78, 5) is 19.2. The van der Waals surface area contributed by atoms with E-state index in [2.05, 4.69) is 16.0 Å². The second kappa shape index (κ2) is 5.13. The number of hydrogen-bond acceptors (Lipinski definition) is 2. The number of benzene rings is 2. The zero-order chi connectivity index (χ0) is 13.9. The SMILES string of the molecule is Cc1cccc(C=Cc2nc3ccccc3[nH]c2=O)c1. The largest absolute Gasteiger partial charge is 0.319 e. The van der Waals surface area contributed by atoms with E-state index < -0.39 is 0 Å². The number of nitrogens with one attached hydrogen (secondary N) is 1. The third-order valence-electron chi connectivity index (χ3n) is 3.10. The first kappa shape index (κ1) is 12.4. The summed E-state index contributed by atoms with van der Waals surface area (Å²) in [5, 5.41) is 0. The van der Waals surface area contributed by atoms with E-state index in [-0.39, 0.29) is 5.56 Å². The van der Waals surface area contributed by atoms with Crippen molar-refractivity contribution < 1.29 is 0 Å². The fourth-order valence-electron chi connectivity index (χ4n) is 2.11. The van der Waals surface area contributed by atoms with E-state index in [1.165, 1.54) is 5.56 Å². The maximum Gasteiger partial charge on any atom is 0.274 e. The van der Waals surface area contributed by atoms with Crippen LogP contribution in [0.2, 0.25) is 0 Å². The van der Waals surface area contributed by atoms with Gasteiger partial charge in [-0.2, -0.15) is 0 Å². The van der Waals surface area contributed by atoms with Gasteiger partial charge in [0.25, 0.3) is 5.56 Å². The van der Waals surface area contributed by atoms with Crippen LogP contribution in [0.25, 0.3) is 23.2 Å². The van der Waals surface area contributed by atoms with Gasteiger partial charge in [-0.1, -0.05) is 48.0 Å². The molecular formula is C17H14N2O. The molecule has 1 heterocycles. The van der Waals surface area contributed by atoms with E-state index in [4.69, 9.17) is 0 Å². The van der Waals surface area contributed by atoms with Crippen molar-refractivity contribution >= 4 is 23.2 Å². The maximum absolute atomic E-state index is 12.0. The average molecular weight is 262 g/mol. The molecule has 0 spiro atoms. The van der Waals surface area contributed by atoms with Crippen LogP contribution in [0.4, 0.5) is 0 Å². The lowest BCUT2D eigenvalue weighted by Crippen LogP contribution is -2.11. The van der Waals surface area contributed by atoms with Gasteiger partial charge in [-0.3, -0.25) is 4.79 Å². The molecular weight excluding hydrogens is 248 g/mol. The lowest BCUT2D eigenvalue weighted by Gasteiger charge is -1.99. The molecule has 0 unspecified atom stereocenters. The van der Waals surface area contributed by atoms with Gasteiger partial charge in [0.1, 0.15) is 5.69 Å². The first-order valence-electron chi connectivity index (χ1n) is 6.46. The lowest BCUT2D eigenvalue weighted by molar-refractivity contribution is 1.19. The van der Waals surface area contributed by atoms with E-state index in [9.17, 15) is 4.79 Å². The van der Waals surface area contributed by atoms with Crippen molar-refractivity contribution in [3.63, 3.8) is 0 Å². The minimum absolute atomic E-state index is 0.174. The molecule has 3 aromatic rings. The van der Waals surface area contributed by atoms with Crippen LogP contribution in [-0.2, 0) is 0 Å². The second-order valence-electron chi connectivity index (χ2n) is 4.72.